The van der Waals surface area contributed by atoms with Crippen molar-refractivity contribution in [3.8, 4) is 5.75 Å². The van der Waals surface area contributed by atoms with E-state index in [1.165, 1.54) is 0 Å². The maximum absolute atomic E-state index is 12.3. The number of likely N-dealkylation sites (tertiary alicyclic amines) is 1. The first kappa shape index (κ1) is 23.2. The third-order valence-corrected chi connectivity index (χ3v) is 5.93. The van der Waals surface area contributed by atoms with Gasteiger partial charge in [0.2, 0.25) is 5.91 Å². The highest BCUT2D eigenvalue weighted by atomic mass is 16.6. The molecule has 1 aromatic carbocycles. The van der Waals surface area contributed by atoms with Gasteiger partial charge in [0.05, 0.1) is 19.3 Å². The van der Waals surface area contributed by atoms with E-state index in [1.54, 1.807) is 7.11 Å². The van der Waals surface area contributed by atoms with Gasteiger partial charge < -0.3 is 24.6 Å². The molecule has 31 heavy (non-hydrogen) atoms. The van der Waals surface area contributed by atoms with Crippen LogP contribution < -0.4 is 15.0 Å². The predicted molar refractivity (Wildman–Crippen MR) is 121 cm³/mol. The molecule has 1 atom stereocenters. The van der Waals surface area contributed by atoms with Gasteiger partial charge in [0.15, 0.2) is 0 Å². The van der Waals surface area contributed by atoms with E-state index >= 15 is 0 Å². The molecule has 2 amide bonds. The van der Waals surface area contributed by atoms with Crippen LogP contribution in [0.2, 0.25) is 0 Å². The number of carbonyl (C=O) groups excluding carboxylic acids is 2. The second-order valence-corrected chi connectivity index (χ2v) is 8.21. The first-order chi connectivity index (χ1) is 15.1. The highest BCUT2D eigenvalue weighted by Gasteiger charge is 2.28. The standard InChI is InChI=1S/C23H36N4O4/c1-3-4-11-24-23(29)31-19(18-27-12-7-10-22(27)28)17-25-13-15-26(16-14-25)20-8-5-6-9-21(20)30-2/h5-6,8-9,19H,3-4,7,10-18H2,1-2H3,(H,24,29). The number of benzene rings is 1. The molecule has 1 N–H and O–H groups in total. The summed E-state index contributed by atoms with van der Waals surface area (Å²) in [6.45, 7) is 8.01. The number of para-hydroxylation sites is 2. The predicted octanol–water partition coefficient (Wildman–Crippen LogP) is 2.33. The second-order valence-electron chi connectivity index (χ2n) is 8.21. The summed E-state index contributed by atoms with van der Waals surface area (Å²) in [5.41, 5.74) is 1.11. The van der Waals surface area contributed by atoms with Gasteiger partial charge in [-0.1, -0.05) is 25.5 Å². The van der Waals surface area contributed by atoms with E-state index < -0.39 is 6.09 Å². The van der Waals surface area contributed by atoms with Crippen LogP contribution in [0.5, 0.6) is 5.75 Å². The lowest BCUT2D eigenvalue weighted by Crippen LogP contribution is -2.51. The molecule has 0 spiro atoms. The van der Waals surface area contributed by atoms with Gasteiger partial charge in [0, 0.05) is 52.2 Å². The summed E-state index contributed by atoms with van der Waals surface area (Å²) in [5.74, 6) is 1.04. The normalized spacial score (nSPS) is 18.2. The molecule has 2 heterocycles. The van der Waals surface area contributed by atoms with Crippen LogP contribution >= 0.6 is 0 Å². The molecule has 1 aromatic rings. The third kappa shape index (κ3) is 6.75. The molecule has 0 aromatic heterocycles. The van der Waals surface area contributed by atoms with Gasteiger partial charge in [-0.25, -0.2) is 4.79 Å². The van der Waals surface area contributed by atoms with E-state index in [0.29, 0.717) is 26.1 Å². The fourth-order valence-electron chi connectivity index (χ4n) is 4.19. The second kappa shape index (κ2) is 11.8. The molecule has 2 fully saturated rings. The van der Waals surface area contributed by atoms with Crippen LogP contribution in [0.4, 0.5) is 10.5 Å². The van der Waals surface area contributed by atoms with Crippen LogP contribution in [0.25, 0.3) is 0 Å². The Morgan fingerprint density at radius 2 is 1.90 bits per heavy atom. The van der Waals surface area contributed by atoms with Crippen LogP contribution in [-0.4, -0.2) is 87.4 Å². The SMILES string of the molecule is CCCCNC(=O)OC(CN1CCN(c2ccccc2OC)CC1)CN1CCCC1=O. The summed E-state index contributed by atoms with van der Waals surface area (Å²) < 4.78 is 11.2. The summed E-state index contributed by atoms with van der Waals surface area (Å²) >= 11 is 0. The molecule has 0 radical (unpaired) electrons. The number of amides is 2. The Balaban J connectivity index is 1.55. The van der Waals surface area contributed by atoms with Crippen molar-refractivity contribution in [2.24, 2.45) is 0 Å². The summed E-state index contributed by atoms with van der Waals surface area (Å²) in [4.78, 5) is 30.8. The number of carbonyl (C=O) groups is 2. The molecule has 172 valence electrons. The molecule has 3 rings (SSSR count). The number of hydrogen-bond acceptors (Lipinski definition) is 6. The summed E-state index contributed by atoms with van der Waals surface area (Å²) in [6, 6.07) is 8.07. The number of nitrogens with zero attached hydrogens (tertiary/aromatic N) is 3. The van der Waals surface area contributed by atoms with Crippen molar-refractivity contribution < 1.29 is 19.1 Å². The van der Waals surface area contributed by atoms with Crippen LogP contribution in [0.15, 0.2) is 24.3 Å². The van der Waals surface area contributed by atoms with Crippen molar-refractivity contribution in [1.29, 1.82) is 0 Å². The lowest BCUT2D eigenvalue weighted by atomic mass is 10.2. The van der Waals surface area contributed by atoms with Gasteiger partial charge in [-0.15, -0.1) is 0 Å². The van der Waals surface area contributed by atoms with Gasteiger partial charge in [-0.05, 0) is 25.0 Å². The number of ether oxygens (including phenoxy) is 2. The molecule has 2 aliphatic heterocycles. The zero-order chi connectivity index (χ0) is 22.1. The number of alkyl carbamates (subject to hydrolysis) is 1. The van der Waals surface area contributed by atoms with Crippen molar-refractivity contribution >= 4 is 17.7 Å². The Morgan fingerprint density at radius 1 is 1.13 bits per heavy atom. The number of unbranched alkanes of at least 4 members (excludes halogenated alkanes) is 1. The van der Waals surface area contributed by atoms with Crippen LogP contribution in [0.1, 0.15) is 32.6 Å². The quantitative estimate of drug-likeness (QED) is 0.572. The van der Waals surface area contributed by atoms with E-state index in [-0.39, 0.29) is 12.0 Å². The van der Waals surface area contributed by atoms with Crippen molar-refractivity contribution in [3.63, 3.8) is 0 Å². The first-order valence-electron chi connectivity index (χ1n) is 11.4. The van der Waals surface area contributed by atoms with Gasteiger partial charge in [0.25, 0.3) is 0 Å². The van der Waals surface area contributed by atoms with Crippen molar-refractivity contribution in [1.82, 2.24) is 15.1 Å². The van der Waals surface area contributed by atoms with Crippen LogP contribution in [-0.2, 0) is 9.53 Å². The molecule has 2 saturated heterocycles. The van der Waals surface area contributed by atoms with Gasteiger partial charge >= 0.3 is 6.09 Å². The molecule has 2 aliphatic rings. The van der Waals surface area contributed by atoms with E-state index in [1.807, 2.05) is 23.1 Å². The molecule has 8 nitrogen and oxygen atoms in total. The molecule has 0 aliphatic carbocycles. The first-order valence-corrected chi connectivity index (χ1v) is 11.4. The molecule has 1 unspecified atom stereocenters. The van der Waals surface area contributed by atoms with Gasteiger partial charge in [-0.3, -0.25) is 9.69 Å². The fraction of sp³-hybridized carbons (Fsp3) is 0.652. The molecular weight excluding hydrogens is 396 g/mol. The monoisotopic (exact) mass is 432 g/mol. The number of rotatable bonds is 10. The Bertz CT molecular complexity index is 721. The number of nitrogens with one attached hydrogen (secondary N) is 1. The van der Waals surface area contributed by atoms with Gasteiger partial charge in [0.1, 0.15) is 11.9 Å². The Morgan fingerprint density at radius 3 is 2.58 bits per heavy atom. The lowest BCUT2D eigenvalue weighted by Gasteiger charge is -2.38. The molecule has 0 bridgehead atoms. The summed E-state index contributed by atoms with van der Waals surface area (Å²) in [6.07, 6.45) is 2.69. The van der Waals surface area contributed by atoms with Crippen LogP contribution in [0.3, 0.4) is 0 Å². The number of piperazine rings is 1. The molecule has 0 saturated carbocycles. The van der Waals surface area contributed by atoms with E-state index in [9.17, 15) is 9.59 Å². The highest BCUT2D eigenvalue weighted by molar-refractivity contribution is 5.78. The average Bonchev–Trinajstić information content (AvgIpc) is 3.18. The highest BCUT2D eigenvalue weighted by Crippen LogP contribution is 2.28. The number of anilines is 1. The van der Waals surface area contributed by atoms with Crippen molar-refractivity contribution in [2.75, 3.05) is 64.4 Å². The lowest BCUT2D eigenvalue weighted by molar-refractivity contribution is -0.129. The molecular formula is C23H36N4O4. The number of hydrogen-bond donors (Lipinski definition) is 1. The third-order valence-electron chi connectivity index (χ3n) is 5.93. The minimum Gasteiger partial charge on any atom is -0.495 e. The zero-order valence-electron chi connectivity index (χ0n) is 18.8. The fourth-order valence-corrected chi connectivity index (χ4v) is 4.19. The topological polar surface area (TPSA) is 74.4 Å². The minimum absolute atomic E-state index is 0.154. The minimum atomic E-state index is -0.391. The van der Waals surface area contributed by atoms with Crippen molar-refractivity contribution in [2.45, 2.75) is 38.7 Å². The maximum atomic E-state index is 12.3. The van der Waals surface area contributed by atoms with E-state index in [4.69, 9.17) is 9.47 Å². The van der Waals surface area contributed by atoms with Crippen LogP contribution in [0, 0.1) is 0 Å². The van der Waals surface area contributed by atoms with E-state index in [0.717, 1.165) is 63.4 Å². The van der Waals surface area contributed by atoms with Gasteiger partial charge in [-0.2, -0.15) is 0 Å². The number of methoxy groups -OCH3 is 1. The Hall–Kier alpha value is -2.48. The van der Waals surface area contributed by atoms with Crippen molar-refractivity contribution in [3.05, 3.63) is 24.3 Å². The zero-order valence-corrected chi connectivity index (χ0v) is 18.8. The smallest absolute Gasteiger partial charge is 0.407 e. The Labute approximate surface area is 185 Å². The molecule has 8 heteroatoms. The average molecular weight is 433 g/mol. The maximum Gasteiger partial charge on any atom is 0.407 e. The largest absolute Gasteiger partial charge is 0.495 e. The summed E-state index contributed by atoms with van der Waals surface area (Å²) in [7, 11) is 1.70. The van der Waals surface area contributed by atoms with E-state index in [2.05, 4.69) is 28.1 Å². The Kier molecular flexibility index (Phi) is 8.82. The summed E-state index contributed by atoms with van der Waals surface area (Å²) in [5, 5.41) is 2.82.